The molecule has 4 heteroatoms. The maximum absolute atomic E-state index is 11.1. The molecule has 0 atom stereocenters. The Morgan fingerprint density at radius 1 is 1.36 bits per heavy atom. The molecule has 0 saturated heterocycles. The number of hydrogen-bond acceptors (Lipinski definition) is 3. The highest BCUT2D eigenvalue weighted by atomic mass is 16.1. The predicted octanol–water partition coefficient (Wildman–Crippen LogP) is 1.52. The zero-order valence-corrected chi connectivity index (χ0v) is 9.40. The monoisotopic (exact) mass is 195 g/mol. The van der Waals surface area contributed by atoms with Gasteiger partial charge in [0.15, 0.2) is 0 Å². The van der Waals surface area contributed by atoms with Crippen LogP contribution in [0.3, 0.4) is 0 Å². The summed E-state index contributed by atoms with van der Waals surface area (Å²) in [6, 6.07) is 0. The minimum atomic E-state index is -0.269. The first-order chi connectivity index (χ1) is 6.32. The van der Waals surface area contributed by atoms with Gasteiger partial charge in [0.1, 0.15) is 12.0 Å². The molecular formula is C10H17N3O. The van der Waals surface area contributed by atoms with Gasteiger partial charge in [0.05, 0.1) is 5.54 Å². The second-order valence-electron chi connectivity index (χ2n) is 4.69. The van der Waals surface area contributed by atoms with Crippen molar-refractivity contribution in [2.45, 2.75) is 46.1 Å². The molecule has 14 heavy (non-hydrogen) atoms. The Kier molecular flexibility index (Phi) is 2.73. The second kappa shape index (κ2) is 3.52. The van der Waals surface area contributed by atoms with E-state index in [-0.39, 0.29) is 17.0 Å². The first kappa shape index (κ1) is 10.9. The minimum absolute atomic E-state index is 0.139. The van der Waals surface area contributed by atoms with E-state index >= 15 is 0 Å². The van der Waals surface area contributed by atoms with E-state index in [0.717, 1.165) is 5.82 Å². The maximum atomic E-state index is 11.1. The Hall–Kier alpha value is -1.19. The molecular weight excluding hydrogens is 178 g/mol. The Morgan fingerprint density at radius 3 is 2.36 bits per heavy atom. The summed E-state index contributed by atoms with van der Waals surface area (Å²) in [6.45, 7) is 10.1. The van der Waals surface area contributed by atoms with E-state index in [0.29, 0.717) is 0 Å². The van der Waals surface area contributed by atoms with Crippen molar-refractivity contribution in [3.63, 3.8) is 0 Å². The van der Waals surface area contributed by atoms with Gasteiger partial charge in [-0.3, -0.25) is 4.79 Å². The summed E-state index contributed by atoms with van der Waals surface area (Å²) in [5.41, 5.74) is -0.408. The van der Waals surface area contributed by atoms with E-state index in [1.54, 1.807) is 4.68 Å². The van der Waals surface area contributed by atoms with Gasteiger partial charge in [0.25, 0.3) is 5.56 Å². The standard InChI is InChI=1S/C10H17N3O/c1-7(2)9-12-8(14)6-11-13(9)10(3,4)5/h6-7H,1-5H3. The summed E-state index contributed by atoms with van der Waals surface area (Å²) in [7, 11) is 0. The van der Waals surface area contributed by atoms with E-state index in [2.05, 4.69) is 10.1 Å². The van der Waals surface area contributed by atoms with Crippen LogP contribution < -0.4 is 5.56 Å². The van der Waals surface area contributed by atoms with Crippen LogP contribution in [0.25, 0.3) is 0 Å². The molecule has 0 fully saturated rings. The van der Waals surface area contributed by atoms with E-state index in [1.807, 2.05) is 34.6 Å². The van der Waals surface area contributed by atoms with Gasteiger partial charge >= 0.3 is 0 Å². The molecule has 1 aromatic rings. The van der Waals surface area contributed by atoms with Crippen LogP contribution in [-0.2, 0) is 5.54 Å². The molecule has 0 saturated carbocycles. The molecule has 0 radical (unpaired) electrons. The lowest BCUT2D eigenvalue weighted by Crippen LogP contribution is -2.32. The first-order valence-corrected chi connectivity index (χ1v) is 4.79. The highest BCUT2D eigenvalue weighted by molar-refractivity contribution is 4.95. The molecule has 0 aliphatic carbocycles. The third kappa shape index (κ3) is 2.19. The fourth-order valence-corrected chi connectivity index (χ4v) is 1.25. The summed E-state index contributed by atoms with van der Waals surface area (Å²) in [6.07, 6.45) is 1.26. The van der Waals surface area contributed by atoms with Crippen LogP contribution in [0, 0.1) is 0 Å². The van der Waals surface area contributed by atoms with Crippen molar-refractivity contribution in [1.29, 1.82) is 0 Å². The van der Waals surface area contributed by atoms with Gasteiger partial charge in [-0.05, 0) is 20.8 Å². The van der Waals surface area contributed by atoms with Gasteiger partial charge in [-0.15, -0.1) is 0 Å². The van der Waals surface area contributed by atoms with Crippen molar-refractivity contribution in [2.24, 2.45) is 0 Å². The molecule has 0 aromatic carbocycles. The SMILES string of the molecule is CC(C)c1nc(=O)cnn1C(C)(C)C. The third-order valence-corrected chi connectivity index (χ3v) is 1.88. The van der Waals surface area contributed by atoms with Crippen LogP contribution in [0.1, 0.15) is 46.4 Å². The largest absolute Gasteiger partial charge is 0.291 e. The molecule has 4 nitrogen and oxygen atoms in total. The molecule has 0 aliphatic heterocycles. The maximum Gasteiger partial charge on any atom is 0.291 e. The summed E-state index contributed by atoms with van der Waals surface area (Å²) >= 11 is 0. The van der Waals surface area contributed by atoms with Gasteiger partial charge in [-0.2, -0.15) is 10.1 Å². The zero-order valence-electron chi connectivity index (χ0n) is 9.40. The first-order valence-electron chi connectivity index (χ1n) is 4.79. The van der Waals surface area contributed by atoms with Crippen molar-refractivity contribution in [3.05, 3.63) is 22.4 Å². The van der Waals surface area contributed by atoms with Crippen molar-refractivity contribution in [3.8, 4) is 0 Å². The lowest BCUT2D eigenvalue weighted by Gasteiger charge is -2.25. The minimum Gasteiger partial charge on any atom is -0.266 e. The normalized spacial score (nSPS) is 12.1. The molecule has 0 N–H and O–H groups in total. The van der Waals surface area contributed by atoms with E-state index in [1.165, 1.54) is 6.20 Å². The number of aromatic nitrogens is 3. The summed E-state index contributed by atoms with van der Waals surface area (Å²) in [4.78, 5) is 15.1. The number of nitrogens with zero attached hydrogens (tertiary/aromatic N) is 3. The fraction of sp³-hybridized carbons (Fsp3) is 0.700. The molecule has 1 aromatic heterocycles. The highest BCUT2D eigenvalue weighted by Crippen LogP contribution is 2.17. The predicted molar refractivity (Wildman–Crippen MR) is 55.4 cm³/mol. The quantitative estimate of drug-likeness (QED) is 0.682. The van der Waals surface area contributed by atoms with Crippen LogP contribution in [0.4, 0.5) is 0 Å². The molecule has 0 bridgehead atoms. The lowest BCUT2D eigenvalue weighted by atomic mass is 10.1. The number of hydrogen-bond donors (Lipinski definition) is 0. The van der Waals surface area contributed by atoms with E-state index in [9.17, 15) is 4.79 Å². The molecule has 0 unspecified atom stereocenters. The molecule has 1 heterocycles. The summed E-state index contributed by atoms with van der Waals surface area (Å²) in [5, 5.41) is 4.11. The Balaban J connectivity index is 3.37. The van der Waals surface area contributed by atoms with Gasteiger partial charge in [-0.1, -0.05) is 13.8 Å². The molecule has 0 spiro atoms. The van der Waals surface area contributed by atoms with Crippen LogP contribution in [0.15, 0.2) is 11.0 Å². The average molecular weight is 195 g/mol. The van der Waals surface area contributed by atoms with Crippen molar-refractivity contribution in [2.75, 3.05) is 0 Å². The summed E-state index contributed by atoms with van der Waals surface area (Å²) < 4.78 is 1.80. The Morgan fingerprint density at radius 2 is 1.93 bits per heavy atom. The van der Waals surface area contributed by atoms with Crippen molar-refractivity contribution < 1.29 is 0 Å². The smallest absolute Gasteiger partial charge is 0.266 e. The van der Waals surface area contributed by atoms with Crippen LogP contribution in [0.2, 0.25) is 0 Å². The van der Waals surface area contributed by atoms with Gasteiger partial charge in [-0.25, -0.2) is 4.68 Å². The summed E-state index contributed by atoms with van der Waals surface area (Å²) in [5.74, 6) is 0.945. The molecule has 1 rings (SSSR count). The topological polar surface area (TPSA) is 47.8 Å². The highest BCUT2D eigenvalue weighted by Gasteiger charge is 2.19. The van der Waals surface area contributed by atoms with Crippen LogP contribution >= 0.6 is 0 Å². The van der Waals surface area contributed by atoms with E-state index in [4.69, 9.17) is 0 Å². The fourth-order valence-electron chi connectivity index (χ4n) is 1.25. The molecule has 0 aliphatic rings. The number of rotatable bonds is 1. The van der Waals surface area contributed by atoms with Crippen LogP contribution in [0.5, 0.6) is 0 Å². The zero-order chi connectivity index (χ0) is 10.9. The van der Waals surface area contributed by atoms with Gasteiger partial charge in [0, 0.05) is 5.92 Å². The van der Waals surface area contributed by atoms with Crippen molar-refractivity contribution >= 4 is 0 Å². The average Bonchev–Trinajstić information content (AvgIpc) is 2.01. The van der Waals surface area contributed by atoms with Gasteiger partial charge in [0.2, 0.25) is 0 Å². The molecule has 0 amide bonds. The Bertz CT molecular complexity index is 374. The van der Waals surface area contributed by atoms with Gasteiger partial charge < -0.3 is 0 Å². The molecule has 78 valence electrons. The van der Waals surface area contributed by atoms with E-state index < -0.39 is 0 Å². The second-order valence-corrected chi connectivity index (χ2v) is 4.69. The Labute approximate surface area is 84.0 Å². The lowest BCUT2D eigenvalue weighted by molar-refractivity contribution is 0.321. The third-order valence-electron chi connectivity index (χ3n) is 1.88. The van der Waals surface area contributed by atoms with Crippen molar-refractivity contribution in [1.82, 2.24) is 14.8 Å². The van der Waals surface area contributed by atoms with Crippen LogP contribution in [-0.4, -0.2) is 14.8 Å².